The summed E-state index contributed by atoms with van der Waals surface area (Å²) < 4.78 is 23.5. The van der Waals surface area contributed by atoms with Gasteiger partial charge in [0.1, 0.15) is 0 Å². The molecule has 0 aliphatic carbocycles. The fourth-order valence-corrected chi connectivity index (χ4v) is 5.29. The molecule has 2 rings (SSSR count). The van der Waals surface area contributed by atoms with Gasteiger partial charge in [0.15, 0.2) is 9.84 Å². The summed E-state index contributed by atoms with van der Waals surface area (Å²) in [6.07, 6.45) is 3.00. The Morgan fingerprint density at radius 3 is 2.56 bits per heavy atom. The van der Waals surface area contributed by atoms with Gasteiger partial charge in [0, 0.05) is 24.7 Å². The molecule has 0 amide bonds. The highest BCUT2D eigenvalue weighted by atomic mass is 32.2. The number of hydrogen-bond acceptors (Lipinski definition) is 4. The highest BCUT2D eigenvalue weighted by molar-refractivity contribution is 7.91. The molecule has 2 saturated heterocycles. The molecule has 0 aromatic rings. The van der Waals surface area contributed by atoms with E-state index in [-0.39, 0.29) is 6.04 Å². The average molecular weight is 274 g/mol. The summed E-state index contributed by atoms with van der Waals surface area (Å²) in [6.45, 7) is 5.54. The number of rotatable bonds is 2. The molecule has 1 N–H and O–H groups in total. The second-order valence-corrected chi connectivity index (χ2v) is 8.16. The minimum absolute atomic E-state index is 0.249. The average Bonchev–Trinajstić information content (AvgIpc) is 2.31. The van der Waals surface area contributed by atoms with Gasteiger partial charge in [0.05, 0.1) is 11.5 Å². The molecule has 0 saturated carbocycles. The van der Waals surface area contributed by atoms with Gasteiger partial charge in [-0.15, -0.1) is 0 Å². The first-order chi connectivity index (χ1) is 8.44. The normalized spacial score (nSPS) is 41.7. The van der Waals surface area contributed by atoms with Gasteiger partial charge in [-0.05, 0) is 39.2 Å². The molecule has 18 heavy (non-hydrogen) atoms. The van der Waals surface area contributed by atoms with Crippen LogP contribution in [0.4, 0.5) is 0 Å². The third kappa shape index (κ3) is 2.89. The van der Waals surface area contributed by atoms with E-state index in [2.05, 4.69) is 24.1 Å². The number of likely N-dealkylation sites (tertiary alicyclic amines) is 1. The lowest BCUT2D eigenvalue weighted by Crippen LogP contribution is -2.57. The van der Waals surface area contributed by atoms with Gasteiger partial charge in [-0.2, -0.15) is 0 Å². The van der Waals surface area contributed by atoms with Crippen molar-refractivity contribution in [3.8, 4) is 0 Å². The van der Waals surface area contributed by atoms with Gasteiger partial charge in [0.25, 0.3) is 0 Å². The summed E-state index contributed by atoms with van der Waals surface area (Å²) in [5.41, 5.74) is 0. The highest BCUT2D eigenvalue weighted by Crippen LogP contribution is 2.29. The smallest absolute Gasteiger partial charge is 0.151 e. The quantitative estimate of drug-likeness (QED) is 0.812. The molecule has 106 valence electrons. The number of piperidine rings is 1. The van der Waals surface area contributed by atoms with Crippen molar-refractivity contribution in [1.82, 2.24) is 10.2 Å². The maximum Gasteiger partial charge on any atom is 0.151 e. The van der Waals surface area contributed by atoms with Crippen molar-refractivity contribution in [2.75, 3.05) is 25.1 Å². The summed E-state index contributed by atoms with van der Waals surface area (Å²) in [5.74, 6) is 1.34. The zero-order valence-electron chi connectivity index (χ0n) is 11.7. The molecule has 4 unspecified atom stereocenters. The topological polar surface area (TPSA) is 49.4 Å². The molecule has 4 atom stereocenters. The van der Waals surface area contributed by atoms with Crippen LogP contribution in [0.2, 0.25) is 0 Å². The Bertz CT molecular complexity index is 382. The second kappa shape index (κ2) is 5.47. The van der Waals surface area contributed by atoms with Gasteiger partial charge >= 0.3 is 0 Å². The monoisotopic (exact) mass is 274 g/mol. The van der Waals surface area contributed by atoms with Crippen molar-refractivity contribution in [2.24, 2.45) is 5.92 Å². The summed E-state index contributed by atoms with van der Waals surface area (Å²) in [7, 11) is -0.776. The fourth-order valence-electron chi connectivity index (χ4n) is 3.58. The van der Waals surface area contributed by atoms with Crippen molar-refractivity contribution >= 4 is 9.84 Å². The van der Waals surface area contributed by atoms with Crippen LogP contribution in [-0.2, 0) is 9.84 Å². The van der Waals surface area contributed by atoms with E-state index in [1.807, 2.05) is 7.05 Å². The first kappa shape index (κ1) is 14.3. The molecule has 0 radical (unpaired) electrons. The Hall–Kier alpha value is -0.130. The molecular formula is C13H26N2O2S. The van der Waals surface area contributed by atoms with Crippen LogP contribution in [0, 0.1) is 5.92 Å². The van der Waals surface area contributed by atoms with Crippen LogP contribution in [-0.4, -0.2) is 56.5 Å². The van der Waals surface area contributed by atoms with Crippen molar-refractivity contribution in [2.45, 2.75) is 51.2 Å². The van der Waals surface area contributed by atoms with E-state index < -0.39 is 9.84 Å². The largest absolute Gasteiger partial charge is 0.317 e. The van der Waals surface area contributed by atoms with Gasteiger partial charge in [-0.3, -0.25) is 4.90 Å². The number of hydrogen-bond donors (Lipinski definition) is 1. The van der Waals surface area contributed by atoms with E-state index in [1.165, 1.54) is 0 Å². The number of nitrogens with zero attached hydrogens (tertiary/aromatic N) is 1. The molecule has 0 aromatic heterocycles. The molecule has 5 heteroatoms. The number of nitrogens with one attached hydrogen (secondary N) is 1. The van der Waals surface area contributed by atoms with Gasteiger partial charge < -0.3 is 5.32 Å². The predicted octanol–water partition coefficient (Wildman–Crippen LogP) is 0.882. The molecule has 2 fully saturated rings. The van der Waals surface area contributed by atoms with Crippen LogP contribution in [0.25, 0.3) is 0 Å². The summed E-state index contributed by atoms with van der Waals surface area (Å²) in [5, 5.41) is 3.38. The van der Waals surface area contributed by atoms with Gasteiger partial charge in [-0.25, -0.2) is 8.42 Å². The standard InChI is InChI=1S/C13H26N2O2S/c1-10-11(2)15(7-6-13(10)14-3)12-5-4-8-18(16,17)9-12/h10-14H,4-9H2,1-3H3. The Morgan fingerprint density at radius 2 is 1.94 bits per heavy atom. The van der Waals surface area contributed by atoms with Crippen molar-refractivity contribution in [1.29, 1.82) is 0 Å². The molecule has 2 aliphatic rings. The van der Waals surface area contributed by atoms with E-state index in [0.29, 0.717) is 29.5 Å². The Morgan fingerprint density at radius 1 is 1.22 bits per heavy atom. The predicted molar refractivity (Wildman–Crippen MR) is 74.5 cm³/mol. The van der Waals surface area contributed by atoms with Crippen LogP contribution in [0.3, 0.4) is 0 Å². The van der Waals surface area contributed by atoms with Crippen LogP contribution in [0.1, 0.15) is 33.1 Å². The maximum absolute atomic E-state index is 11.8. The summed E-state index contributed by atoms with van der Waals surface area (Å²) >= 11 is 0. The van der Waals surface area contributed by atoms with Crippen molar-refractivity contribution in [3.63, 3.8) is 0 Å². The molecule has 4 nitrogen and oxygen atoms in total. The van der Waals surface area contributed by atoms with Crippen LogP contribution in [0.15, 0.2) is 0 Å². The molecule has 2 heterocycles. The molecule has 0 spiro atoms. The van der Waals surface area contributed by atoms with Crippen molar-refractivity contribution in [3.05, 3.63) is 0 Å². The summed E-state index contributed by atoms with van der Waals surface area (Å²) in [6, 6.07) is 1.28. The second-order valence-electron chi connectivity index (χ2n) is 5.93. The lowest BCUT2D eigenvalue weighted by molar-refractivity contribution is 0.0515. The first-order valence-electron chi connectivity index (χ1n) is 7.08. The van der Waals surface area contributed by atoms with E-state index >= 15 is 0 Å². The Labute approximate surface area is 111 Å². The van der Waals surface area contributed by atoms with Crippen LogP contribution in [0.5, 0.6) is 0 Å². The third-order valence-electron chi connectivity index (χ3n) is 4.90. The van der Waals surface area contributed by atoms with Gasteiger partial charge in [0.2, 0.25) is 0 Å². The van der Waals surface area contributed by atoms with E-state index in [9.17, 15) is 8.42 Å². The molecular weight excluding hydrogens is 248 g/mol. The lowest BCUT2D eigenvalue weighted by Gasteiger charge is -2.47. The maximum atomic E-state index is 11.8. The molecule has 2 aliphatic heterocycles. The highest BCUT2D eigenvalue weighted by Gasteiger charge is 2.38. The van der Waals surface area contributed by atoms with E-state index in [4.69, 9.17) is 0 Å². The van der Waals surface area contributed by atoms with Crippen molar-refractivity contribution < 1.29 is 8.42 Å². The SMILES string of the molecule is CNC1CCN(C2CCCS(=O)(=O)C2)C(C)C1C. The minimum atomic E-state index is -2.80. The minimum Gasteiger partial charge on any atom is -0.317 e. The summed E-state index contributed by atoms with van der Waals surface area (Å²) in [4.78, 5) is 2.44. The first-order valence-corrected chi connectivity index (χ1v) is 8.90. The van der Waals surface area contributed by atoms with E-state index in [0.717, 1.165) is 25.8 Å². The van der Waals surface area contributed by atoms with Gasteiger partial charge in [-0.1, -0.05) is 6.92 Å². The third-order valence-corrected chi connectivity index (χ3v) is 6.70. The lowest BCUT2D eigenvalue weighted by atomic mass is 9.86. The fraction of sp³-hybridized carbons (Fsp3) is 1.00. The van der Waals surface area contributed by atoms with Crippen LogP contribution >= 0.6 is 0 Å². The Kier molecular flexibility index (Phi) is 4.34. The zero-order valence-corrected chi connectivity index (χ0v) is 12.5. The van der Waals surface area contributed by atoms with E-state index in [1.54, 1.807) is 0 Å². The zero-order chi connectivity index (χ0) is 13.3. The van der Waals surface area contributed by atoms with Crippen LogP contribution < -0.4 is 5.32 Å². The number of sulfone groups is 1. The molecule has 0 aromatic carbocycles. The Balaban J connectivity index is 2.05. The molecule has 0 bridgehead atoms.